The van der Waals surface area contributed by atoms with Crippen molar-refractivity contribution in [1.82, 2.24) is 9.88 Å². The van der Waals surface area contributed by atoms with Crippen LogP contribution < -0.4 is 4.74 Å². The normalized spacial score (nSPS) is 16.8. The number of hydrogen-bond donors (Lipinski definition) is 0. The number of aromatic nitrogens is 1. The van der Waals surface area contributed by atoms with Gasteiger partial charge in [0.05, 0.1) is 33.0 Å². The zero-order valence-corrected chi connectivity index (χ0v) is 14.2. The van der Waals surface area contributed by atoms with Crippen molar-refractivity contribution in [2.75, 3.05) is 40.5 Å². The van der Waals surface area contributed by atoms with Crippen LogP contribution in [0.1, 0.15) is 29.0 Å². The van der Waals surface area contributed by atoms with Crippen molar-refractivity contribution >= 4 is 16.9 Å². The first-order valence-corrected chi connectivity index (χ1v) is 8.03. The zero-order valence-electron chi connectivity index (χ0n) is 14.2. The Morgan fingerprint density at radius 2 is 2.04 bits per heavy atom. The Morgan fingerprint density at radius 1 is 1.29 bits per heavy atom. The molecule has 2 aromatic rings. The maximum atomic E-state index is 11.9. The number of nitrogens with zero attached hydrogens (tertiary/aromatic N) is 2. The average molecular weight is 330 g/mol. The number of fused-ring (bicyclic) bond motifs is 1. The second kappa shape index (κ2) is 7.15. The van der Waals surface area contributed by atoms with Crippen molar-refractivity contribution in [2.24, 2.45) is 0 Å². The van der Waals surface area contributed by atoms with E-state index in [4.69, 9.17) is 14.2 Å². The molecule has 0 saturated carbocycles. The number of ether oxygens (including phenoxy) is 3. The molecule has 1 saturated heterocycles. The first-order chi connectivity index (χ1) is 11.7. The molecule has 1 aliphatic rings. The van der Waals surface area contributed by atoms with Crippen molar-refractivity contribution in [2.45, 2.75) is 13.0 Å². The van der Waals surface area contributed by atoms with E-state index in [9.17, 15) is 4.79 Å². The van der Waals surface area contributed by atoms with E-state index >= 15 is 0 Å². The predicted molar refractivity (Wildman–Crippen MR) is 90.4 cm³/mol. The van der Waals surface area contributed by atoms with E-state index in [1.54, 1.807) is 13.2 Å². The molecule has 3 rings (SSSR count). The van der Waals surface area contributed by atoms with Crippen molar-refractivity contribution in [3.05, 3.63) is 35.5 Å². The van der Waals surface area contributed by atoms with Gasteiger partial charge in [-0.1, -0.05) is 12.1 Å². The van der Waals surface area contributed by atoms with Crippen LogP contribution in [-0.2, 0) is 9.47 Å². The lowest BCUT2D eigenvalue weighted by Crippen LogP contribution is -2.38. The third kappa shape index (κ3) is 3.07. The summed E-state index contributed by atoms with van der Waals surface area (Å²) in [7, 11) is 2.94. The summed E-state index contributed by atoms with van der Waals surface area (Å²) in [4.78, 5) is 18.9. The Labute approximate surface area is 141 Å². The van der Waals surface area contributed by atoms with Crippen LogP contribution in [0.3, 0.4) is 0 Å². The van der Waals surface area contributed by atoms with Crippen LogP contribution in [0.25, 0.3) is 10.9 Å². The summed E-state index contributed by atoms with van der Waals surface area (Å²) in [6.07, 6.45) is 0. The van der Waals surface area contributed by atoms with E-state index in [1.807, 2.05) is 12.1 Å². The molecule has 0 N–H and O–H groups in total. The molecule has 1 aromatic carbocycles. The Hall–Kier alpha value is -2.18. The van der Waals surface area contributed by atoms with Crippen molar-refractivity contribution < 1.29 is 19.0 Å². The van der Waals surface area contributed by atoms with Crippen LogP contribution >= 0.6 is 0 Å². The van der Waals surface area contributed by atoms with Gasteiger partial charge in [-0.05, 0) is 18.6 Å². The maximum Gasteiger partial charge on any atom is 0.356 e. The third-order valence-corrected chi connectivity index (χ3v) is 4.49. The topological polar surface area (TPSA) is 60.9 Å². The SMILES string of the molecule is COC(=O)c1cc(OC)c2cccc([C@@H](C)N3CCOCC3)c2n1. The number of methoxy groups -OCH3 is 2. The molecule has 0 spiro atoms. The highest BCUT2D eigenvalue weighted by Crippen LogP contribution is 2.32. The smallest absolute Gasteiger partial charge is 0.356 e. The third-order valence-electron chi connectivity index (χ3n) is 4.49. The van der Waals surface area contributed by atoms with E-state index in [1.165, 1.54) is 7.11 Å². The van der Waals surface area contributed by atoms with E-state index in [-0.39, 0.29) is 11.7 Å². The molecule has 0 bridgehead atoms. The Balaban J connectivity index is 2.11. The van der Waals surface area contributed by atoms with Gasteiger partial charge in [0.15, 0.2) is 5.69 Å². The van der Waals surface area contributed by atoms with Gasteiger partial charge >= 0.3 is 5.97 Å². The minimum absolute atomic E-state index is 0.169. The van der Waals surface area contributed by atoms with Crippen LogP contribution in [0.15, 0.2) is 24.3 Å². The fraction of sp³-hybridized carbons (Fsp3) is 0.444. The number of morpholine rings is 1. The summed E-state index contributed by atoms with van der Waals surface area (Å²) in [5.74, 6) is 0.153. The van der Waals surface area contributed by atoms with Gasteiger partial charge in [-0.25, -0.2) is 9.78 Å². The first kappa shape index (κ1) is 16.7. The number of carbonyl (C=O) groups excluding carboxylic acids is 1. The number of para-hydroxylation sites is 1. The molecule has 6 heteroatoms. The number of esters is 1. The minimum Gasteiger partial charge on any atom is -0.496 e. The highest BCUT2D eigenvalue weighted by atomic mass is 16.5. The van der Waals surface area contributed by atoms with Crippen molar-refractivity contribution in [1.29, 1.82) is 0 Å². The molecule has 1 fully saturated rings. The van der Waals surface area contributed by atoms with Gasteiger partial charge in [-0.2, -0.15) is 0 Å². The molecule has 128 valence electrons. The van der Waals surface area contributed by atoms with E-state index in [0.29, 0.717) is 5.75 Å². The van der Waals surface area contributed by atoms with E-state index in [2.05, 4.69) is 22.9 Å². The van der Waals surface area contributed by atoms with Crippen LogP contribution in [0, 0.1) is 0 Å². The van der Waals surface area contributed by atoms with Crippen LogP contribution in [-0.4, -0.2) is 56.4 Å². The molecule has 24 heavy (non-hydrogen) atoms. The quantitative estimate of drug-likeness (QED) is 0.803. The predicted octanol–water partition coefficient (Wildman–Crippen LogP) is 2.42. The second-order valence-electron chi connectivity index (χ2n) is 5.77. The van der Waals surface area contributed by atoms with E-state index in [0.717, 1.165) is 42.8 Å². The van der Waals surface area contributed by atoms with Gasteiger partial charge in [0.2, 0.25) is 0 Å². The molecule has 6 nitrogen and oxygen atoms in total. The molecule has 0 unspecified atom stereocenters. The van der Waals surface area contributed by atoms with Gasteiger partial charge in [-0.3, -0.25) is 4.90 Å². The van der Waals surface area contributed by atoms with Gasteiger partial charge in [0.25, 0.3) is 0 Å². The highest BCUT2D eigenvalue weighted by molar-refractivity contribution is 5.95. The minimum atomic E-state index is -0.468. The molecule has 0 radical (unpaired) electrons. The van der Waals surface area contributed by atoms with Crippen molar-refractivity contribution in [3.8, 4) is 5.75 Å². The van der Waals surface area contributed by atoms with Crippen LogP contribution in [0.5, 0.6) is 5.75 Å². The zero-order chi connectivity index (χ0) is 17.1. The summed E-state index contributed by atoms with van der Waals surface area (Å²) in [6, 6.07) is 7.80. The summed E-state index contributed by atoms with van der Waals surface area (Å²) in [5.41, 5.74) is 2.10. The van der Waals surface area contributed by atoms with Gasteiger partial charge in [0.1, 0.15) is 5.75 Å². The standard InChI is InChI=1S/C18H22N2O4/c1-12(20-7-9-24-10-8-20)13-5-4-6-14-16(22-2)11-15(18(21)23-3)19-17(13)14/h4-6,11-12H,7-10H2,1-3H3/t12-/m1/s1. The Bertz CT molecular complexity index is 741. The van der Waals surface area contributed by atoms with Gasteiger partial charge in [-0.15, -0.1) is 0 Å². The number of benzene rings is 1. The second-order valence-corrected chi connectivity index (χ2v) is 5.77. The molecule has 0 aliphatic carbocycles. The van der Waals surface area contributed by atoms with Crippen LogP contribution in [0.4, 0.5) is 0 Å². The maximum absolute atomic E-state index is 11.9. The highest BCUT2D eigenvalue weighted by Gasteiger charge is 2.22. The number of rotatable bonds is 4. The van der Waals surface area contributed by atoms with Crippen LogP contribution in [0.2, 0.25) is 0 Å². The summed E-state index contributed by atoms with van der Waals surface area (Å²) < 4.78 is 15.7. The Morgan fingerprint density at radius 3 is 2.71 bits per heavy atom. The fourth-order valence-corrected chi connectivity index (χ4v) is 3.12. The number of hydrogen-bond acceptors (Lipinski definition) is 6. The molecular weight excluding hydrogens is 308 g/mol. The van der Waals surface area contributed by atoms with Crippen molar-refractivity contribution in [3.63, 3.8) is 0 Å². The lowest BCUT2D eigenvalue weighted by atomic mass is 10.0. The van der Waals surface area contributed by atoms with Gasteiger partial charge < -0.3 is 14.2 Å². The van der Waals surface area contributed by atoms with Gasteiger partial charge in [0, 0.05) is 30.6 Å². The molecule has 1 aliphatic heterocycles. The largest absolute Gasteiger partial charge is 0.496 e. The summed E-state index contributed by atoms with van der Waals surface area (Å²) >= 11 is 0. The Kier molecular flexibility index (Phi) is 4.97. The molecule has 0 amide bonds. The van der Waals surface area contributed by atoms with E-state index < -0.39 is 5.97 Å². The summed E-state index contributed by atoms with van der Waals surface area (Å²) in [5, 5.41) is 0.891. The summed E-state index contributed by atoms with van der Waals surface area (Å²) in [6.45, 7) is 5.38. The monoisotopic (exact) mass is 330 g/mol. The average Bonchev–Trinajstić information content (AvgIpc) is 2.66. The first-order valence-electron chi connectivity index (χ1n) is 8.03. The lowest BCUT2D eigenvalue weighted by Gasteiger charge is -2.32. The number of carbonyl (C=O) groups is 1. The molecule has 1 aromatic heterocycles. The molecule has 1 atom stereocenters. The molecule has 2 heterocycles. The molecular formula is C18H22N2O4. The number of pyridine rings is 1. The fourth-order valence-electron chi connectivity index (χ4n) is 3.12. The lowest BCUT2D eigenvalue weighted by molar-refractivity contribution is 0.0201.